The van der Waals surface area contributed by atoms with Crippen LogP contribution in [0.4, 0.5) is 15.9 Å². The van der Waals surface area contributed by atoms with Crippen molar-refractivity contribution in [3.8, 4) is 11.3 Å². The average Bonchev–Trinajstić information content (AvgIpc) is 3.37. The van der Waals surface area contributed by atoms with Gasteiger partial charge in [-0.2, -0.15) is 5.10 Å². The molecule has 0 unspecified atom stereocenters. The van der Waals surface area contributed by atoms with Crippen LogP contribution in [0, 0.1) is 0 Å². The van der Waals surface area contributed by atoms with E-state index in [0.717, 1.165) is 18.4 Å². The third kappa shape index (κ3) is 3.53. The molecule has 1 saturated heterocycles. The summed E-state index contributed by atoms with van der Waals surface area (Å²) in [4.78, 5) is 23.8. The minimum absolute atomic E-state index is 0.258. The predicted molar refractivity (Wildman–Crippen MR) is 112 cm³/mol. The number of rotatable bonds is 5. The van der Waals surface area contributed by atoms with E-state index in [9.17, 15) is 9.18 Å². The van der Waals surface area contributed by atoms with Crippen molar-refractivity contribution < 1.29 is 9.18 Å². The molecule has 0 spiro atoms. The summed E-state index contributed by atoms with van der Waals surface area (Å²) in [7, 11) is 0. The summed E-state index contributed by atoms with van der Waals surface area (Å²) in [6, 6.07) is 9.99. The Morgan fingerprint density at radius 3 is 2.67 bits per heavy atom. The van der Waals surface area contributed by atoms with Crippen molar-refractivity contribution in [2.24, 2.45) is 0 Å². The molecule has 2 aliphatic rings. The van der Waals surface area contributed by atoms with Crippen LogP contribution in [0.25, 0.3) is 11.3 Å². The highest BCUT2D eigenvalue weighted by atomic mass is 19.1. The van der Waals surface area contributed by atoms with Crippen LogP contribution in [0.15, 0.2) is 49.1 Å². The number of hydrogen-bond acceptors (Lipinski definition) is 5. The number of hydrogen-bond donors (Lipinski definition) is 1. The number of halogens is 1. The van der Waals surface area contributed by atoms with Gasteiger partial charge in [0.25, 0.3) is 5.91 Å². The Labute approximate surface area is 174 Å². The summed E-state index contributed by atoms with van der Waals surface area (Å²) in [5, 5.41) is 7.35. The Bertz CT molecular complexity index is 1050. The van der Waals surface area contributed by atoms with E-state index in [1.165, 1.54) is 12.7 Å². The molecule has 1 aromatic carbocycles. The van der Waals surface area contributed by atoms with Crippen LogP contribution >= 0.6 is 0 Å². The second-order valence-electron chi connectivity index (χ2n) is 7.87. The van der Waals surface area contributed by atoms with Crippen LogP contribution in [0.3, 0.4) is 0 Å². The van der Waals surface area contributed by atoms with Crippen molar-refractivity contribution in [1.29, 1.82) is 0 Å². The number of anilines is 2. The van der Waals surface area contributed by atoms with Gasteiger partial charge in [0.15, 0.2) is 5.82 Å². The number of alkyl halides is 1. The van der Waals surface area contributed by atoms with E-state index in [0.29, 0.717) is 41.8 Å². The summed E-state index contributed by atoms with van der Waals surface area (Å²) in [6.07, 6.45) is 7.78. The van der Waals surface area contributed by atoms with Crippen molar-refractivity contribution in [2.45, 2.75) is 37.9 Å². The van der Waals surface area contributed by atoms with Crippen LogP contribution in [0.1, 0.15) is 42.1 Å². The Morgan fingerprint density at radius 2 is 1.97 bits per heavy atom. The lowest BCUT2D eigenvalue weighted by molar-refractivity contribution is 0.102. The summed E-state index contributed by atoms with van der Waals surface area (Å²) in [5.74, 6) is 0.272. The molecule has 1 saturated carbocycles. The first-order chi connectivity index (χ1) is 14.7. The predicted octanol–water partition coefficient (Wildman–Crippen LogP) is 3.87. The quantitative estimate of drug-likeness (QED) is 0.696. The summed E-state index contributed by atoms with van der Waals surface area (Å²) in [6.45, 7) is 0.808. The van der Waals surface area contributed by atoms with E-state index in [1.807, 2.05) is 39.9 Å². The molecule has 3 aromatic rings. The molecule has 1 aliphatic heterocycles. The Hall–Kier alpha value is -3.29. The maximum Gasteiger partial charge on any atom is 0.259 e. The maximum absolute atomic E-state index is 13.9. The van der Waals surface area contributed by atoms with E-state index in [2.05, 4.69) is 20.4 Å². The van der Waals surface area contributed by atoms with Crippen molar-refractivity contribution in [3.05, 3.63) is 54.6 Å². The average molecular weight is 406 g/mol. The van der Waals surface area contributed by atoms with Crippen molar-refractivity contribution in [2.75, 3.05) is 23.3 Å². The van der Waals surface area contributed by atoms with E-state index >= 15 is 0 Å². The first kappa shape index (κ1) is 18.7. The fourth-order valence-corrected chi connectivity index (χ4v) is 3.95. The van der Waals surface area contributed by atoms with Crippen LogP contribution < -0.4 is 10.2 Å². The number of benzene rings is 1. The Balaban J connectivity index is 1.50. The van der Waals surface area contributed by atoms with Crippen LogP contribution in [0.5, 0.6) is 0 Å². The summed E-state index contributed by atoms with van der Waals surface area (Å²) >= 11 is 0. The van der Waals surface area contributed by atoms with Crippen molar-refractivity contribution >= 4 is 17.4 Å². The molecule has 1 aliphatic carbocycles. The molecule has 1 N–H and O–H groups in total. The third-order valence-electron chi connectivity index (χ3n) is 5.86. The fraction of sp³-hybridized carbons (Fsp3) is 0.364. The third-order valence-corrected chi connectivity index (χ3v) is 5.86. The lowest BCUT2D eigenvalue weighted by Crippen LogP contribution is -2.24. The molecule has 5 rings (SSSR count). The lowest BCUT2D eigenvalue weighted by atomic mass is 9.93. The zero-order chi connectivity index (χ0) is 20.5. The van der Waals surface area contributed by atoms with E-state index in [1.54, 1.807) is 12.4 Å². The second kappa shape index (κ2) is 7.85. The van der Waals surface area contributed by atoms with Gasteiger partial charge in [-0.1, -0.05) is 30.3 Å². The SMILES string of the molecule is O=C(Nc1c(-c2ccccc2)ncnc1N1CC[C@H](F)C1)c1cnn(C2CCC2)c1. The molecule has 3 heterocycles. The van der Waals surface area contributed by atoms with E-state index in [-0.39, 0.29) is 12.5 Å². The zero-order valence-electron chi connectivity index (χ0n) is 16.5. The van der Waals surface area contributed by atoms with Crippen LogP contribution in [-0.2, 0) is 0 Å². The van der Waals surface area contributed by atoms with Crippen LogP contribution in [-0.4, -0.2) is 44.9 Å². The molecular weight excluding hydrogens is 383 g/mol. The highest BCUT2D eigenvalue weighted by Crippen LogP contribution is 2.35. The largest absolute Gasteiger partial charge is 0.352 e. The highest BCUT2D eigenvalue weighted by Gasteiger charge is 2.28. The Kier molecular flexibility index (Phi) is 4.90. The van der Waals surface area contributed by atoms with Gasteiger partial charge < -0.3 is 10.2 Å². The summed E-state index contributed by atoms with van der Waals surface area (Å²) in [5.41, 5.74) is 2.46. The number of aromatic nitrogens is 4. The van der Waals surface area contributed by atoms with E-state index < -0.39 is 6.17 Å². The van der Waals surface area contributed by atoms with Crippen molar-refractivity contribution in [1.82, 2.24) is 19.7 Å². The fourth-order valence-electron chi connectivity index (χ4n) is 3.95. The Morgan fingerprint density at radius 1 is 1.13 bits per heavy atom. The smallest absolute Gasteiger partial charge is 0.259 e. The monoisotopic (exact) mass is 406 g/mol. The van der Waals surface area contributed by atoms with Gasteiger partial charge in [0, 0.05) is 18.3 Å². The first-order valence-electron chi connectivity index (χ1n) is 10.3. The van der Waals surface area contributed by atoms with Gasteiger partial charge in [-0.3, -0.25) is 9.48 Å². The number of amides is 1. The summed E-state index contributed by atoms with van der Waals surface area (Å²) < 4.78 is 15.7. The molecule has 154 valence electrons. The lowest BCUT2D eigenvalue weighted by Gasteiger charge is -2.25. The standard InChI is InChI=1S/C22H23FN6O/c23-17-9-10-28(13-17)21-20(19(24-14-25-21)15-5-2-1-3-6-15)27-22(30)16-11-26-29(12-16)18-7-4-8-18/h1-3,5-6,11-12,14,17-18H,4,7-10,13H2,(H,27,30)/t17-/m0/s1. The molecule has 2 fully saturated rings. The van der Waals surface area contributed by atoms with Gasteiger partial charge in [-0.25, -0.2) is 14.4 Å². The van der Waals surface area contributed by atoms with Crippen molar-refractivity contribution in [3.63, 3.8) is 0 Å². The van der Waals surface area contributed by atoms with E-state index in [4.69, 9.17) is 0 Å². The van der Waals surface area contributed by atoms with Crippen LogP contribution in [0.2, 0.25) is 0 Å². The molecule has 30 heavy (non-hydrogen) atoms. The van der Waals surface area contributed by atoms with Gasteiger partial charge in [-0.15, -0.1) is 0 Å². The number of nitrogens with zero attached hydrogens (tertiary/aromatic N) is 5. The topological polar surface area (TPSA) is 75.9 Å². The molecular formula is C22H23FN6O. The minimum Gasteiger partial charge on any atom is -0.352 e. The second-order valence-corrected chi connectivity index (χ2v) is 7.87. The highest BCUT2D eigenvalue weighted by molar-refractivity contribution is 6.07. The molecule has 1 amide bonds. The molecule has 0 radical (unpaired) electrons. The number of nitrogens with one attached hydrogen (secondary N) is 1. The van der Waals surface area contributed by atoms with Gasteiger partial charge in [-0.05, 0) is 25.7 Å². The number of carbonyl (C=O) groups excluding carboxylic acids is 1. The molecule has 1 atom stereocenters. The normalized spacial score (nSPS) is 19.0. The molecule has 7 nitrogen and oxygen atoms in total. The first-order valence-corrected chi connectivity index (χ1v) is 10.3. The molecule has 0 bridgehead atoms. The molecule has 2 aromatic heterocycles. The minimum atomic E-state index is -0.899. The number of carbonyl (C=O) groups is 1. The van der Waals surface area contributed by atoms with Gasteiger partial charge in [0.1, 0.15) is 18.2 Å². The zero-order valence-corrected chi connectivity index (χ0v) is 16.5. The maximum atomic E-state index is 13.9. The van der Waals surface area contributed by atoms with Gasteiger partial charge in [0.2, 0.25) is 0 Å². The van der Waals surface area contributed by atoms with Gasteiger partial charge in [0.05, 0.1) is 30.0 Å². The van der Waals surface area contributed by atoms with Gasteiger partial charge >= 0.3 is 0 Å². The molecule has 8 heteroatoms.